The molecule has 3 nitrogen and oxygen atoms in total. The first kappa shape index (κ1) is 13.1. The van der Waals surface area contributed by atoms with Crippen molar-refractivity contribution < 1.29 is 9.36 Å². The highest BCUT2D eigenvalue weighted by atomic mass is 32.7. The molecule has 0 saturated carbocycles. The lowest BCUT2D eigenvalue weighted by atomic mass is 10.4. The second-order valence-electron chi connectivity index (χ2n) is 2.96. The molecule has 0 aliphatic carbocycles. The number of carbonyl (C=O) groups excluding carboxylic acids is 1. The van der Waals surface area contributed by atoms with Crippen molar-refractivity contribution in [1.82, 2.24) is 4.67 Å². The number of carbonyl (C=O) groups is 1. The van der Waals surface area contributed by atoms with Crippen LogP contribution in [0.3, 0.4) is 0 Å². The summed E-state index contributed by atoms with van der Waals surface area (Å²) in [5.41, 5.74) is 0. The number of nitrogens with zero attached hydrogens (tertiary/aromatic N) is 1. The first-order chi connectivity index (χ1) is 6.00. The summed E-state index contributed by atoms with van der Waals surface area (Å²) >= 11 is 1.43. The summed E-state index contributed by atoms with van der Waals surface area (Å²) in [5.74, 6) is 0. The molecule has 0 saturated heterocycles. The molecule has 0 aromatic carbocycles. The Morgan fingerprint density at radius 1 is 1.54 bits per heavy atom. The van der Waals surface area contributed by atoms with Crippen LogP contribution >= 0.6 is 17.9 Å². The summed E-state index contributed by atoms with van der Waals surface area (Å²) in [6.45, 7) is 3.46. The quantitative estimate of drug-likeness (QED) is 0.513. The molecule has 2 atom stereocenters. The van der Waals surface area contributed by atoms with Crippen molar-refractivity contribution in [2.24, 2.45) is 0 Å². The molecule has 0 N–H and O–H groups in total. The summed E-state index contributed by atoms with van der Waals surface area (Å²) in [6, 6.07) is 0. The van der Waals surface area contributed by atoms with Crippen molar-refractivity contribution in [1.29, 1.82) is 0 Å². The van der Waals surface area contributed by atoms with Crippen LogP contribution in [0.5, 0.6) is 0 Å². The SMILES string of the molecule is CCC(C)SP(=O)(CC)N(C)C=O. The highest BCUT2D eigenvalue weighted by Crippen LogP contribution is 2.61. The van der Waals surface area contributed by atoms with Crippen molar-refractivity contribution in [3.8, 4) is 0 Å². The minimum Gasteiger partial charge on any atom is -0.291 e. The van der Waals surface area contributed by atoms with E-state index < -0.39 is 6.49 Å². The molecular weight excluding hydrogens is 205 g/mol. The Hall–Kier alpha value is 0.0500. The Balaban J connectivity index is 4.45. The molecule has 0 fully saturated rings. The van der Waals surface area contributed by atoms with Crippen molar-refractivity contribution in [2.45, 2.75) is 32.4 Å². The Morgan fingerprint density at radius 2 is 2.08 bits per heavy atom. The summed E-state index contributed by atoms with van der Waals surface area (Å²) in [4.78, 5) is 10.5. The molecule has 0 bridgehead atoms. The maximum atomic E-state index is 12.1. The summed E-state index contributed by atoms with van der Waals surface area (Å²) in [6.07, 6.45) is 2.16. The molecule has 0 heterocycles. The van der Waals surface area contributed by atoms with E-state index in [-0.39, 0.29) is 0 Å². The van der Waals surface area contributed by atoms with Gasteiger partial charge in [-0.1, -0.05) is 32.2 Å². The molecule has 0 aliphatic heterocycles. The van der Waals surface area contributed by atoms with Gasteiger partial charge in [0.1, 0.15) is 0 Å². The van der Waals surface area contributed by atoms with Gasteiger partial charge >= 0.3 is 0 Å². The van der Waals surface area contributed by atoms with Crippen molar-refractivity contribution >= 4 is 24.3 Å². The van der Waals surface area contributed by atoms with Gasteiger partial charge in [-0.05, 0) is 6.42 Å². The van der Waals surface area contributed by atoms with E-state index >= 15 is 0 Å². The Bertz CT molecular complexity index is 210. The van der Waals surface area contributed by atoms with E-state index in [1.165, 1.54) is 16.1 Å². The van der Waals surface area contributed by atoms with Gasteiger partial charge in [-0.3, -0.25) is 14.0 Å². The smallest absolute Gasteiger partial charge is 0.227 e. The van der Waals surface area contributed by atoms with Crippen LogP contribution in [0.15, 0.2) is 0 Å². The Morgan fingerprint density at radius 3 is 2.38 bits per heavy atom. The lowest BCUT2D eigenvalue weighted by Crippen LogP contribution is -2.13. The number of hydrogen-bond donors (Lipinski definition) is 0. The molecule has 1 amide bonds. The summed E-state index contributed by atoms with van der Waals surface area (Å²) in [5, 5.41) is 0.341. The molecule has 0 radical (unpaired) electrons. The van der Waals surface area contributed by atoms with Gasteiger partial charge in [-0.15, -0.1) is 0 Å². The van der Waals surface area contributed by atoms with Crippen molar-refractivity contribution in [2.75, 3.05) is 13.2 Å². The topological polar surface area (TPSA) is 37.4 Å². The average Bonchev–Trinajstić information content (AvgIpc) is 2.15. The molecule has 0 aliphatic rings. The zero-order valence-corrected chi connectivity index (χ0v) is 10.4. The minimum atomic E-state index is -2.48. The van der Waals surface area contributed by atoms with Crippen LogP contribution in [0.4, 0.5) is 0 Å². The molecule has 78 valence electrons. The fourth-order valence-electron chi connectivity index (χ4n) is 0.799. The van der Waals surface area contributed by atoms with E-state index in [9.17, 15) is 9.36 Å². The molecule has 2 unspecified atom stereocenters. The predicted molar refractivity (Wildman–Crippen MR) is 59.3 cm³/mol. The first-order valence-corrected chi connectivity index (χ1v) is 7.79. The third-order valence-electron chi connectivity index (χ3n) is 1.95. The molecular formula is C8H18NO2PS. The van der Waals surface area contributed by atoms with E-state index in [2.05, 4.69) is 6.92 Å². The summed E-state index contributed by atoms with van der Waals surface area (Å²) < 4.78 is 13.5. The van der Waals surface area contributed by atoms with Gasteiger partial charge in [-0.2, -0.15) is 0 Å². The van der Waals surface area contributed by atoms with E-state index in [1.807, 2.05) is 13.8 Å². The molecule has 0 aromatic heterocycles. The van der Waals surface area contributed by atoms with E-state index in [1.54, 1.807) is 7.05 Å². The molecule has 13 heavy (non-hydrogen) atoms. The Labute approximate surface area is 84.4 Å². The van der Waals surface area contributed by atoms with Crippen LogP contribution < -0.4 is 0 Å². The largest absolute Gasteiger partial charge is 0.291 e. The average molecular weight is 223 g/mol. The second kappa shape index (κ2) is 5.71. The molecule has 0 rings (SSSR count). The Kier molecular flexibility index (Phi) is 5.73. The van der Waals surface area contributed by atoms with E-state index in [0.29, 0.717) is 17.8 Å². The number of rotatable bonds is 6. The molecule has 0 aromatic rings. The van der Waals surface area contributed by atoms with Crippen LogP contribution in [0, 0.1) is 0 Å². The predicted octanol–water partition coefficient (Wildman–Crippen LogP) is 2.82. The van der Waals surface area contributed by atoms with Gasteiger partial charge in [0.05, 0.1) is 0 Å². The van der Waals surface area contributed by atoms with Crippen LogP contribution in [0.2, 0.25) is 0 Å². The van der Waals surface area contributed by atoms with Gasteiger partial charge in [0, 0.05) is 18.5 Å². The van der Waals surface area contributed by atoms with Gasteiger partial charge in [-0.25, -0.2) is 0 Å². The van der Waals surface area contributed by atoms with Crippen LogP contribution in [0.1, 0.15) is 27.2 Å². The third kappa shape index (κ3) is 3.74. The van der Waals surface area contributed by atoms with Crippen molar-refractivity contribution in [3.05, 3.63) is 0 Å². The highest BCUT2D eigenvalue weighted by molar-refractivity contribution is 8.57. The third-order valence-corrected chi connectivity index (χ3v) is 8.45. The number of hydrogen-bond acceptors (Lipinski definition) is 3. The zero-order chi connectivity index (χ0) is 10.5. The minimum absolute atomic E-state index is 0.341. The standard InChI is InChI=1S/C8H18NO2PS/c1-5-8(3)13-12(11,6-2)9(4)7-10/h7-8H,5-6H2,1-4H3. The van der Waals surface area contributed by atoms with E-state index in [0.717, 1.165) is 6.42 Å². The highest BCUT2D eigenvalue weighted by Gasteiger charge is 2.27. The van der Waals surface area contributed by atoms with Gasteiger partial charge < -0.3 is 0 Å². The fourth-order valence-corrected chi connectivity index (χ4v) is 5.54. The van der Waals surface area contributed by atoms with Crippen LogP contribution in [-0.2, 0) is 9.36 Å². The maximum absolute atomic E-state index is 12.1. The fraction of sp³-hybridized carbons (Fsp3) is 0.875. The zero-order valence-electron chi connectivity index (χ0n) is 8.69. The van der Waals surface area contributed by atoms with E-state index in [4.69, 9.17) is 0 Å². The molecule has 5 heteroatoms. The lowest BCUT2D eigenvalue weighted by Gasteiger charge is -2.25. The molecule has 0 spiro atoms. The summed E-state index contributed by atoms with van der Waals surface area (Å²) in [7, 11) is 1.59. The first-order valence-electron chi connectivity index (χ1n) is 4.46. The number of amides is 1. The second-order valence-corrected chi connectivity index (χ2v) is 8.86. The van der Waals surface area contributed by atoms with Gasteiger partial charge in [0.15, 0.2) is 0 Å². The maximum Gasteiger partial charge on any atom is 0.227 e. The van der Waals surface area contributed by atoms with Crippen LogP contribution in [-0.4, -0.2) is 29.5 Å². The monoisotopic (exact) mass is 223 g/mol. The lowest BCUT2D eigenvalue weighted by molar-refractivity contribution is -0.113. The van der Waals surface area contributed by atoms with Crippen molar-refractivity contribution in [3.63, 3.8) is 0 Å². The normalized spacial score (nSPS) is 17.5. The van der Waals surface area contributed by atoms with Crippen LogP contribution in [0.25, 0.3) is 0 Å². The van der Waals surface area contributed by atoms with Gasteiger partial charge in [0.2, 0.25) is 12.9 Å². The van der Waals surface area contributed by atoms with Gasteiger partial charge in [0.25, 0.3) is 0 Å².